The molecule has 0 spiro atoms. The van der Waals surface area contributed by atoms with Gasteiger partial charge < -0.3 is 5.73 Å². The summed E-state index contributed by atoms with van der Waals surface area (Å²) in [5.74, 6) is 0. The SMILES string of the molecule is CCCn1ncc(Br)c1C(N)c1snnc1C. The molecule has 2 aromatic rings. The fourth-order valence-electron chi connectivity index (χ4n) is 1.72. The lowest BCUT2D eigenvalue weighted by Crippen LogP contribution is -2.18. The van der Waals surface area contributed by atoms with Crippen molar-refractivity contribution in [3.8, 4) is 0 Å². The smallest absolute Gasteiger partial charge is 0.0863 e. The van der Waals surface area contributed by atoms with Gasteiger partial charge in [-0.2, -0.15) is 5.10 Å². The first-order valence-corrected chi connectivity index (χ1v) is 6.97. The van der Waals surface area contributed by atoms with Crippen LogP contribution in [0.25, 0.3) is 0 Å². The summed E-state index contributed by atoms with van der Waals surface area (Å²) in [7, 11) is 0. The van der Waals surface area contributed by atoms with Gasteiger partial charge in [-0.1, -0.05) is 11.4 Å². The van der Waals surface area contributed by atoms with Crippen molar-refractivity contribution < 1.29 is 0 Å². The molecule has 0 bridgehead atoms. The third-order valence-electron chi connectivity index (χ3n) is 2.53. The zero-order chi connectivity index (χ0) is 12.4. The van der Waals surface area contributed by atoms with Gasteiger partial charge in [-0.25, -0.2) is 0 Å². The topological polar surface area (TPSA) is 69.6 Å². The van der Waals surface area contributed by atoms with E-state index in [1.165, 1.54) is 11.5 Å². The molecule has 2 N–H and O–H groups in total. The van der Waals surface area contributed by atoms with Crippen LogP contribution in [0.3, 0.4) is 0 Å². The van der Waals surface area contributed by atoms with Gasteiger partial charge in [-0.05, 0) is 40.8 Å². The Bertz CT molecular complexity index is 507. The van der Waals surface area contributed by atoms with E-state index in [1.807, 2.05) is 11.6 Å². The van der Waals surface area contributed by atoms with E-state index in [1.54, 1.807) is 6.20 Å². The third-order valence-corrected chi connectivity index (χ3v) is 4.05. The molecule has 5 nitrogen and oxygen atoms in total. The monoisotopic (exact) mass is 315 g/mol. The Labute approximate surface area is 112 Å². The number of hydrogen-bond donors (Lipinski definition) is 1. The summed E-state index contributed by atoms with van der Waals surface area (Å²) in [6.45, 7) is 4.90. The summed E-state index contributed by atoms with van der Waals surface area (Å²) < 4.78 is 6.80. The molecule has 2 aromatic heterocycles. The Hall–Kier alpha value is -0.790. The van der Waals surface area contributed by atoms with Crippen molar-refractivity contribution >= 4 is 27.5 Å². The molecule has 2 heterocycles. The summed E-state index contributed by atoms with van der Waals surface area (Å²) in [5.41, 5.74) is 8.15. The molecule has 17 heavy (non-hydrogen) atoms. The highest BCUT2D eigenvalue weighted by molar-refractivity contribution is 9.10. The summed E-state index contributed by atoms with van der Waals surface area (Å²) in [5, 5.41) is 8.32. The minimum Gasteiger partial charge on any atom is -0.318 e. The predicted molar refractivity (Wildman–Crippen MR) is 70.9 cm³/mol. The first-order valence-electron chi connectivity index (χ1n) is 5.40. The summed E-state index contributed by atoms with van der Waals surface area (Å²) in [6.07, 6.45) is 2.81. The quantitative estimate of drug-likeness (QED) is 0.939. The van der Waals surface area contributed by atoms with Crippen LogP contribution in [-0.4, -0.2) is 19.4 Å². The lowest BCUT2D eigenvalue weighted by atomic mass is 10.1. The molecule has 0 aliphatic carbocycles. The number of aromatic nitrogens is 4. The molecule has 0 aliphatic heterocycles. The van der Waals surface area contributed by atoms with Crippen molar-refractivity contribution in [2.24, 2.45) is 5.73 Å². The average Bonchev–Trinajstić information content (AvgIpc) is 2.86. The number of hydrogen-bond acceptors (Lipinski definition) is 5. The van der Waals surface area contributed by atoms with Gasteiger partial charge >= 0.3 is 0 Å². The van der Waals surface area contributed by atoms with Crippen molar-refractivity contribution in [1.29, 1.82) is 0 Å². The maximum atomic E-state index is 6.28. The van der Waals surface area contributed by atoms with E-state index in [9.17, 15) is 0 Å². The van der Waals surface area contributed by atoms with Crippen LogP contribution in [0.4, 0.5) is 0 Å². The van der Waals surface area contributed by atoms with E-state index in [2.05, 4.69) is 37.5 Å². The molecular formula is C10H14BrN5S. The van der Waals surface area contributed by atoms with E-state index in [-0.39, 0.29) is 6.04 Å². The zero-order valence-corrected chi connectivity index (χ0v) is 12.1. The standard InChI is InChI=1S/C10H14BrN5S/c1-3-4-16-9(7(11)5-13-16)8(12)10-6(2)14-15-17-10/h5,8H,3-4,12H2,1-2H3. The summed E-state index contributed by atoms with van der Waals surface area (Å²) in [6, 6.07) is -0.224. The van der Waals surface area contributed by atoms with Crippen LogP contribution in [0.1, 0.15) is 35.7 Å². The van der Waals surface area contributed by atoms with Crippen molar-refractivity contribution in [3.63, 3.8) is 0 Å². The molecule has 2 rings (SSSR count). The maximum Gasteiger partial charge on any atom is 0.0863 e. The molecule has 92 valence electrons. The van der Waals surface area contributed by atoms with Gasteiger partial charge in [0.05, 0.1) is 33.0 Å². The first-order chi connectivity index (χ1) is 8.15. The van der Waals surface area contributed by atoms with Gasteiger partial charge in [0.2, 0.25) is 0 Å². The molecule has 7 heteroatoms. The highest BCUT2D eigenvalue weighted by Gasteiger charge is 2.21. The highest BCUT2D eigenvalue weighted by atomic mass is 79.9. The molecule has 0 fully saturated rings. The second-order valence-corrected chi connectivity index (χ2v) is 5.44. The molecule has 0 aliphatic rings. The number of rotatable bonds is 4. The molecule has 0 saturated heterocycles. The average molecular weight is 316 g/mol. The number of aryl methyl sites for hydroxylation is 2. The van der Waals surface area contributed by atoms with Crippen LogP contribution in [0.2, 0.25) is 0 Å². The van der Waals surface area contributed by atoms with Crippen LogP contribution < -0.4 is 5.73 Å². The van der Waals surface area contributed by atoms with E-state index >= 15 is 0 Å². The van der Waals surface area contributed by atoms with Crippen molar-refractivity contribution in [3.05, 3.63) is 26.9 Å². The van der Waals surface area contributed by atoms with Crippen LogP contribution in [0.5, 0.6) is 0 Å². The highest BCUT2D eigenvalue weighted by Crippen LogP contribution is 2.29. The van der Waals surface area contributed by atoms with Gasteiger partial charge in [0.1, 0.15) is 0 Å². The predicted octanol–water partition coefficient (Wildman–Crippen LogP) is 2.26. The minimum atomic E-state index is -0.224. The first kappa shape index (κ1) is 12.7. The lowest BCUT2D eigenvalue weighted by molar-refractivity contribution is 0.560. The Morgan fingerprint density at radius 3 is 2.94 bits per heavy atom. The molecule has 0 aromatic carbocycles. The summed E-state index contributed by atoms with van der Waals surface area (Å²) in [4.78, 5) is 0.989. The minimum absolute atomic E-state index is 0.224. The van der Waals surface area contributed by atoms with Crippen LogP contribution in [0, 0.1) is 6.92 Å². The zero-order valence-electron chi connectivity index (χ0n) is 9.72. The van der Waals surface area contributed by atoms with Gasteiger partial charge in [-0.15, -0.1) is 5.10 Å². The van der Waals surface area contributed by atoms with E-state index < -0.39 is 0 Å². The fraction of sp³-hybridized carbons (Fsp3) is 0.500. The second kappa shape index (κ2) is 5.24. The Morgan fingerprint density at radius 2 is 2.35 bits per heavy atom. The maximum absolute atomic E-state index is 6.28. The number of halogens is 1. The Morgan fingerprint density at radius 1 is 1.59 bits per heavy atom. The Kier molecular flexibility index (Phi) is 3.90. The normalized spacial score (nSPS) is 12.9. The molecule has 0 amide bonds. The van der Waals surface area contributed by atoms with E-state index in [0.29, 0.717) is 0 Å². The van der Waals surface area contributed by atoms with Gasteiger partial charge in [-0.3, -0.25) is 4.68 Å². The van der Waals surface area contributed by atoms with Crippen molar-refractivity contribution in [1.82, 2.24) is 19.4 Å². The van der Waals surface area contributed by atoms with Gasteiger partial charge in [0.25, 0.3) is 0 Å². The van der Waals surface area contributed by atoms with Crippen molar-refractivity contribution in [2.45, 2.75) is 32.9 Å². The van der Waals surface area contributed by atoms with E-state index in [0.717, 1.165) is 33.7 Å². The van der Waals surface area contributed by atoms with Crippen molar-refractivity contribution in [2.75, 3.05) is 0 Å². The Balaban J connectivity index is 2.39. The molecule has 0 saturated carbocycles. The third kappa shape index (κ3) is 2.41. The van der Waals surface area contributed by atoms with Crippen LogP contribution in [-0.2, 0) is 6.54 Å². The number of nitrogens with two attached hydrogens (primary N) is 1. The van der Waals surface area contributed by atoms with E-state index in [4.69, 9.17) is 5.73 Å². The largest absolute Gasteiger partial charge is 0.318 e. The second-order valence-electron chi connectivity index (χ2n) is 3.80. The molecule has 1 unspecified atom stereocenters. The lowest BCUT2D eigenvalue weighted by Gasteiger charge is -2.13. The fourth-order valence-corrected chi connectivity index (χ4v) is 2.91. The number of nitrogens with zero attached hydrogens (tertiary/aromatic N) is 4. The molecule has 1 atom stereocenters. The van der Waals surface area contributed by atoms with Crippen LogP contribution >= 0.6 is 27.5 Å². The van der Waals surface area contributed by atoms with Gasteiger partial charge in [0, 0.05) is 6.54 Å². The summed E-state index contributed by atoms with van der Waals surface area (Å²) >= 11 is 4.84. The van der Waals surface area contributed by atoms with Crippen LogP contribution in [0.15, 0.2) is 10.7 Å². The molecular weight excluding hydrogens is 302 g/mol. The van der Waals surface area contributed by atoms with Gasteiger partial charge in [0.15, 0.2) is 0 Å². The molecule has 0 radical (unpaired) electrons.